The first-order valence-corrected chi connectivity index (χ1v) is 7.96. The predicted octanol–water partition coefficient (Wildman–Crippen LogP) is 4.27. The molecule has 2 rings (SSSR count). The summed E-state index contributed by atoms with van der Waals surface area (Å²) < 4.78 is 15.8. The number of hydrogen-bond donors (Lipinski definition) is 0. The van der Waals surface area contributed by atoms with E-state index in [-0.39, 0.29) is 30.9 Å². The smallest absolute Gasteiger partial charge is 0.448 e. The average molecular weight is 381 g/mol. The van der Waals surface area contributed by atoms with Crippen molar-refractivity contribution in [3.05, 3.63) is 29.3 Å². The van der Waals surface area contributed by atoms with Crippen LogP contribution in [-0.2, 0) is 9.47 Å². The fraction of sp³-hybridized carbons (Fsp3) is 0.286. The van der Waals surface area contributed by atoms with Crippen LogP contribution < -0.4 is 4.74 Å². The van der Waals surface area contributed by atoms with Crippen molar-refractivity contribution >= 4 is 58.0 Å². The van der Waals surface area contributed by atoms with Crippen LogP contribution in [0.5, 0.6) is 5.88 Å². The summed E-state index contributed by atoms with van der Waals surface area (Å²) in [6, 6.07) is 6.31. The Morgan fingerprint density at radius 3 is 2.43 bits per heavy atom. The zero-order valence-electron chi connectivity index (χ0n) is 11.8. The first-order valence-electron chi connectivity index (χ1n) is 6.51. The Bertz CT molecular complexity index is 716. The van der Waals surface area contributed by atoms with Gasteiger partial charge < -0.3 is 14.2 Å². The fourth-order valence-corrected chi connectivity index (χ4v) is 2.19. The van der Waals surface area contributed by atoms with Gasteiger partial charge in [0.05, 0.1) is 17.3 Å². The summed E-state index contributed by atoms with van der Waals surface area (Å²) in [4.78, 5) is 23.8. The lowest BCUT2D eigenvalue weighted by Gasteiger charge is -2.09. The van der Waals surface area contributed by atoms with Gasteiger partial charge in [-0.1, -0.05) is 11.6 Å². The molecule has 0 fully saturated rings. The van der Waals surface area contributed by atoms with Crippen LogP contribution in [0.4, 0.5) is 9.59 Å². The third-order valence-electron chi connectivity index (χ3n) is 2.70. The summed E-state index contributed by atoms with van der Waals surface area (Å²) in [5.74, 6) is 0.220. The molecule has 0 atom stereocenters. The summed E-state index contributed by atoms with van der Waals surface area (Å²) in [5.41, 5.74) is 0.467. The van der Waals surface area contributed by atoms with Crippen LogP contribution in [0, 0.1) is 0 Å². The molecule has 1 aromatic heterocycles. The van der Waals surface area contributed by atoms with Crippen molar-refractivity contribution in [3.63, 3.8) is 0 Å². The van der Waals surface area contributed by atoms with Crippen molar-refractivity contribution < 1.29 is 23.8 Å². The molecule has 23 heavy (non-hydrogen) atoms. The summed E-state index contributed by atoms with van der Waals surface area (Å²) >= 11 is 16.9. The summed E-state index contributed by atoms with van der Waals surface area (Å²) in [6.45, 7) is 0.00687. The maximum atomic E-state index is 12.2. The van der Waals surface area contributed by atoms with Crippen LogP contribution >= 0.6 is 34.8 Å². The normalized spacial score (nSPS) is 10.6. The Hall–Kier alpha value is -1.63. The van der Waals surface area contributed by atoms with Crippen molar-refractivity contribution in [2.75, 3.05) is 25.0 Å². The van der Waals surface area contributed by atoms with Crippen molar-refractivity contribution in [3.8, 4) is 5.88 Å². The molecule has 0 unspecified atom stereocenters. The van der Waals surface area contributed by atoms with Gasteiger partial charge in [-0.05, 0) is 18.2 Å². The number of carbonyl (C=O) groups excluding carboxylic acids is 2. The van der Waals surface area contributed by atoms with Crippen molar-refractivity contribution in [1.29, 1.82) is 0 Å². The molecule has 0 spiro atoms. The molecule has 0 amide bonds. The van der Waals surface area contributed by atoms with E-state index >= 15 is 0 Å². The van der Waals surface area contributed by atoms with Gasteiger partial charge in [-0.3, -0.25) is 0 Å². The van der Waals surface area contributed by atoms with E-state index in [9.17, 15) is 9.59 Å². The monoisotopic (exact) mass is 379 g/mol. The van der Waals surface area contributed by atoms with E-state index in [4.69, 9.17) is 49.0 Å². The number of halogens is 3. The molecule has 0 saturated carbocycles. The minimum atomic E-state index is -0.981. The van der Waals surface area contributed by atoms with E-state index in [1.54, 1.807) is 18.2 Å². The van der Waals surface area contributed by atoms with E-state index in [0.717, 1.165) is 4.57 Å². The first kappa shape index (κ1) is 17.7. The molecule has 0 saturated heterocycles. The maximum Gasteiger partial charge on any atom is 0.515 e. The number of fused-ring (bicyclic) bond motifs is 1. The van der Waals surface area contributed by atoms with Gasteiger partial charge in [0.15, 0.2) is 0 Å². The lowest BCUT2D eigenvalue weighted by atomic mass is 10.2. The van der Waals surface area contributed by atoms with Gasteiger partial charge in [0.1, 0.15) is 13.2 Å². The average Bonchev–Trinajstić information content (AvgIpc) is 2.87. The Morgan fingerprint density at radius 2 is 1.74 bits per heavy atom. The number of benzene rings is 1. The lowest BCUT2D eigenvalue weighted by molar-refractivity contribution is 0.101. The first-order chi connectivity index (χ1) is 11.1. The van der Waals surface area contributed by atoms with Gasteiger partial charge in [0, 0.05) is 16.5 Å². The van der Waals surface area contributed by atoms with Crippen LogP contribution in [0.1, 0.15) is 0 Å². The van der Waals surface area contributed by atoms with Gasteiger partial charge in [0.25, 0.3) is 0 Å². The number of hydrogen-bond acceptors (Lipinski definition) is 5. The predicted molar refractivity (Wildman–Crippen MR) is 87.1 cm³/mol. The van der Waals surface area contributed by atoms with Crippen LogP contribution in [-0.4, -0.2) is 41.8 Å². The molecular weight excluding hydrogens is 369 g/mol. The SMILES string of the molecule is O=C(OCCCl)Oc1cc2cc(Cl)ccc2n1C(=O)OCCCl. The highest BCUT2D eigenvalue weighted by atomic mass is 35.5. The molecule has 124 valence electrons. The second kappa shape index (κ2) is 8.29. The summed E-state index contributed by atoms with van der Waals surface area (Å²) in [7, 11) is 0. The third kappa shape index (κ3) is 4.43. The van der Waals surface area contributed by atoms with E-state index in [1.165, 1.54) is 6.07 Å². The van der Waals surface area contributed by atoms with Crippen LogP contribution in [0.25, 0.3) is 10.9 Å². The Morgan fingerprint density at radius 1 is 1.04 bits per heavy atom. The second-order valence-corrected chi connectivity index (χ2v) is 5.41. The zero-order chi connectivity index (χ0) is 16.8. The molecule has 0 bridgehead atoms. The van der Waals surface area contributed by atoms with E-state index < -0.39 is 12.2 Å². The Labute approximate surface area is 146 Å². The molecule has 0 radical (unpaired) electrons. The second-order valence-electron chi connectivity index (χ2n) is 4.21. The number of nitrogens with zero attached hydrogens (tertiary/aromatic N) is 1. The van der Waals surface area contributed by atoms with Gasteiger partial charge in [-0.15, -0.1) is 23.2 Å². The quantitative estimate of drug-likeness (QED) is 0.572. The number of ether oxygens (including phenoxy) is 3. The van der Waals surface area contributed by atoms with Gasteiger partial charge in [-0.25, -0.2) is 14.2 Å². The van der Waals surface area contributed by atoms with E-state index in [2.05, 4.69) is 0 Å². The van der Waals surface area contributed by atoms with Crippen LogP contribution in [0.15, 0.2) is 24.3 Å². The summed E-state index contributed by atoms with van der Waals surface area (Å²) in [5, 5.41) is 1.07. The minimum absolute atomic E-state index is 0.0108. The van der Waals surface area contributed by atoms with Crippen molar-refractivity contribution in [2.24, 2.45) is 0 Å². The molecular formula is C14H12Cl3NO5. The minimum Gasteiger partial charge on any atom is -0.448 e. The highest BCUT2D eigenvalue weighted by molar-refractivity contribution is 6.31. The lowest BCUT2D eigenvalue weighted by Crippen LogP contribution is -2.19. The molecule has 0 aliphatic rings. The Kier molecular flexibility index (Phi) is 6.38. The Balaban J connectivity index is 2.36. The van der Waals surface area contributed by atoms with Gasteiger partial charge in [0.2, 0.25) is 5.88 Å². The molecule has 1 heterocycles. The maximum absolute atomic E-state index is 12.2. The number of rotatable bonds is 5. The molecule has 0 N–H and O–H groups in total. The molecule has 0 aliphatic carbocycles. The molecule has 6 nitrogen and oxygen atoms in total. The molecule has 2 aromatic rings. The number of alkyl halides is 2. The van der Waals surface area contributed by atoms with Crippen LogP contribution in [0.3, 0.4) is 0 Å². The van der Waals surface area contributed by atoms with Gasteiger partial charge >= 0.3 is 12.2 Å². The zero-order valence-corrected chi connectivity index (χ0v) is 14.0. The molecule has 0 aliphatic heterocycles. The van der Waals surface area contributed by atoms with Crippen molar-refractivity contribution in [2.45, 2.75) is 0 Å². The van der Waals surface area contributed by atoms with Crippen molar-refractivity contribution in [1.82, 2.24) is 4.57 Å². The largest absolute Gasteiger partial charge is 0.515 e. The third-order valence-corrected chi connectivity index (χ3v) is 3.24. The highest BCUT2D eigenvalue weighted by Gasteiger charge is 2.20. The van der Waals surface area contributed by atoms with E-state index in [1.807, 2.05) is 0 Å². The fourth-order valence-electron chi connectivity index (χ4n) is 1.85. The summed E-state index contributed by atoms with van der Waals surface area (Å²) in [6.07, 6.45) is -1.71. The molecule has 1 aromatic carbocycles. The highest BCUT2D eigenvalue weighted by Crippen LogP contribution is 2.28. The van der Waals surface area contributed by atoms with Crippen LogP contribution in [0.2, 0.25) is 5.02 Å². The number of carbonyl (C=O) groups is 2. The standard InChI is InChI=1S/C14H12Cl3NO5/c15-3-5-21-13(19)18-11-2-1-10(17)7-9(11)8-12(18)23-14(20)22-6-4-16/h1-2,7-8H,3-6H2. The number of aromatic nitrogens is 1. The van der Waals surface area contributed by atoms with E-state index in [0.29, 0.717) is 15.9 Å². The van der Waals surface area contributed by atoms with Gasteiger partial charge in [-0.2, -0.15) is 0 Å². The topological polar surface area (TPSA) is 66.8 Å². The molecule has 9 heteroatoms.